The Hall–Kier alpha value is -1.33. The molecule has 0 fully saturated rings. The Balaban J connectivity index is 2.68. The lowest BCUT2D eigenvalue weighted by molar-refractivity contribution is -0.0914. The van der Waals surface area contributed by atoms with E-state index < -0.39 is 0 Å². The van der Waals surface area contributed by atoms with Gasteiger partial charge in [-0.1, -0.05) is 0 Å². The number of hydrogen-bond acceptors (Lipinski definition) is 5. The van der Waals surface area contributed by atoms with E-state index in [4.69, 9.17) is 14.2 Å². The van der Waals surface area contributed by atoms with Gasteiger partial charge in [0, 0.05) is 19.9 Å². The highest BCUT2D eigenvalue weighted by atomic mass is 16.7. The summed E-state index contributed by atoms with van der Waals surface area (Å²) in [5.74, 6) is 0.705. The second-order valence-corrected chi connectivity index (χ2v) is 3.31. The maximum absolute atomic E-state index is 5.19. The zero-order valence-electron chi connectivity index (χ0n) is 10.1. The number of methoxy groups -OCH3 is 3. The SMILES string of the molecule is COc1cnc(C)cc1NCC(OC)OC. The lowest BCUT2D eigenvalue weighted by atomic mass is 10.3. The Labute approximate surface area is 95.7 Å². The smallest absolute Gasteiger partial charge is 0.173 e. The lowest BCUT2D eigenvalue weighted by Gasteiger charge is -2.16. The van der Waals surface area contributed by atoms with Gasteiger partial charge in [-0.05, 0) is 13.0 Å². The predicted molar refractivity (Wildman–Crippen MR) is 61.8 cm³/mol. The molecule has 0 aliphatic rings. The number of anilines is 1. The van der Waals surface area contributed by atoms with Crippen LogP contribution in [0.1, 0.15) is 5.69 Å². The second-order valence-electron chi connectivity index (χ2n) is 3.31. The molecule has 0 saturated heterocycles. The van der Waals surface area contributed by atoms with Crippen LogP contribution in [0.2, 0.25) is 0 Å². The summed E-state index contributed by atoms with van der Waals surface area (Å²) in [5, 5.41) is 3.19. The summed E-state index contributed by atoms with van der Waals surface area (Å²) in [4.78, 5) is 4.15. The van der Waals surface area contributed by atoms with Crippen molar-refractivity contribution in [2.45, 2.75) is 13.2 Å². The van der Waals surface area contributed by atoms with Crippen LogP contribution in [0.5, 0.6) is 5.75 Å². The van der Waals surface area contributed by atoms with Gasteiger partial charge in [0.15, 0.2) is 12.0 Å². The molecule has 0 aliphatic carbocycles. The van der Waals surface area contributed by atoms with E-state index in [2.05, 4.69) is 10.3 Å². The molecule has 1 aromatic rings. The summed E-state index contributed by atoms with van der Waals surface area (Å²) in [6.45, 7) is 2.47. The first-order valence-electron chi connectivity index (χ1n) is 5.01. The van der Waals surface area contributed by atoms with Crippen LogP contribution in [0.15, 0.2) is 12.3 Å². The van der Waals surface area contributed by atoms with E-state index in [0.717, 1.165) is 11.4 Å². The number of rotatable bonds is 6. The fraction of sp³-hybridized carbons (Fsp3) is 0.545. The molecular formula is C11H18N2O3. The van der Waals surface area contributed by atoms with Crippen molar-refractivity contribution in [3.8, 4) is 5.75 Å². The molecule has 0 aromatic carbocycles. The summed E-state index contributed by atoms with van der Waals surface area (Å²) < 4.78 is 15.4. The molecule has 0 radical (unpaired) electrons. The fourth-order valence-electron chi connectivity index (χ4n) is 1.30. The Morgan fingerprint density at radius 3 is 2.56 bits per heavy atom. The van der Waals surface area contributed by atoms with Crippen molar-refractivity contribution in [3.05, 3.63) is 18.0 Å². The number of hydrogen-bond donors (Lipinski definition) is 1. The monoisotopic (exact) mass is 226 g/mol. The molecule has 0 aliphatic heterocycles. The first-order chi connectivity index (χ1) is 7.71. The van der Waals surface area contributed by atoms with Crippen LogP contribution in [0, 0.1) is 6.92 Å². The molecule has 0 bridgehead atoms. The van der Waals surface area contributed by atoms with E-state index in [1.807, 2.05) is 13.0 Å². The van der Waals surface area contributed by atoms with Crippen LogP contribution >= 0.6 is 0 Å². The van der Waals surface area contributed by atoms with Crippen LogP contribution in [0.25, 0.3) is 0 Å². The number of ether oxygens (including phenoxy) is 3. The van der Waals surface area contributed by atoms with Crippen LogP contribution in [-0.4, -0.2) is 39.1 Å². The van der Waals surface area contributed by atoms with Crippen molar-refractivity contribution >= 4 is 5.69 Å². The van der Waals surface area contributed by atoms with Gasteiger partial charge in [-0.25, -0.2) is 0 Å². The van der Waals surface area contributed by atoms with Crippen molar-refractivity contribution in [1.29, 1.82) is 0 Å². The van der Waals surface area contributed by atoms with Gasteiger partial charge in [-0.15, -0.1) is 0 Å². The Morgan fingerprint density at radius 1 is 1.31 bits per heavy atom. The first kappa shape index (κ1) is 12.7. The molecule has 0 spiro atoms. The largest absolute Gasteiger partial charge is 0.493 e. The third-order valence-electron chi connectivity index (χ3n) is 2.21. The van der Waals surface area contributed by atoms with Crippen molar-refractivity contribution < 1.29 is 14.2 Å². The molecule has 1 rings (SSSR count). The highest BCUT2D eigenvalue weighted by molar-refractivity contribution is 5.55. The van der Waals surface area contributed by atoms with E-state index in [9.17, 15) is 0 Å². The Morgan fingerprint density at radius 2 is 2.00 bits per heavy atom. The zero-order valence-corrected chi connectivity index (χ0v) is 10.1. The molecule has 16 heavy (non-hydrogen) atoms. The Kier molecular flexibility index (Phi) is 5.01. The van der Waals surface area contributed by atoms with Crippen LogP contribution < -0.4 is 10.1 Å². The van der Waals surface area contributed by atoms with E-state index in [0.29, 0.717) is 12.3 Å². The quantitative estimate of drug-likeness (QED) is 0.744. The van der Waals surface area contributed by atoms with Gasteiger partial charge < -0.3 is 19.5 Å². The molecular weight excluding hydrogens is 208 g/mol. The topological polar surface area (TPSA) is 52.6 Å². The standard InChI is InChI=1S/C11H18N2O3/c1-8-5-9(10(14-2)6-12-8)13-7-11(15-3)16-4/h5-6,11H,7H2,1-4H3,(H,12,13). The Bertz CT molecular complexity index is 327. The van der Waals surface area contributed by atoms with Gasteiger partial charge in [-0.2, -0.15) is 0 Å². The number of nitrogens with zero attached hydrogens (tertiary/aromatic N) is 1. The van der Waals surface area contributed by atoms with Crippen molar-refractivity contribution in [2.24, 2.45) is 0 Å². The summed E-state index contributed by atoms with van der Waals surface area (Å²) in [6, 6.07) is 1.92. The van der Waals surface area contributed by atoms with Gasteiger partial charge in [0.2, 0.25) is 0 Å². The van der Waals surface area contributed by atoms with Crippen LogP contribution in [0.4, 0.5) is 5.69 Å². The third kappa shape index (κ3) is 3.36. The van der Waals surface area contributed by atoms with Crippen LogP contribution in [0.3, 0.4) is 0 Å². The molecule has 90 valence electrons. The minimum atomic E-state index is -0.279. The van der Waals surface area contributed by atoms with E-state index in [1.54, 1.807) is 27.5 Å². The second kappa shape index (κ2) is 6.30. The van der Waals surface area contributed by atoms with Gasteiger partial charge in [-0.3, -0.25) is 4.98 Å². The highest BCUT2D eigenvalue weighted by Gasteiger charge is 2.08. The molecule has 1 heterocycles. The minimum Gasteiger partial charge on any atom is -0.493 e. The molecule has 1 N–H and O–H groups in total. The number of pyridine rings is 1. The summed E-state index contributed by atoms with van der Waals surface area (Å²) in [6.07, 6.45) is 1.41. The number of aromatic nitrogens is 1. The normalized spacial score (nSPS) is 10.6. The maximum Gasteiger partial charge on any atom is 0.173 e. The summed E-state index contributed by atoms with van der Waals surface area (Å²) in [5.41, 5.74) is 1.81. The maximum atomic E-state index is 5.19. The molecule has 5 heteroatoms. The predicted octanol–water partition coefficient (Wildman–Crippen LogP) is 1.43. The van der Waals surface area contributed by atoms with Gasteiger partial charge >= 0.3 is 0 Å². The first-order valence-corrected chi connectivity index (χ1v) is 5.01. The van der Waals surface area contributed by atoms with Crippen molar-refractivity contribution in [3.63, 3.8) is 0 Å². The van der Waals surface area contributed by atoms with E-state index in [1.165, 1.54) is 0 Å². The van der Waals surface area contributed by atoms with Crippen molar-refractivity contribution in [1.82, 2.24) is 4.98 Å². The fourth-order valence-corrected chi connectivity index (χ4v) is 1.30. The molecule has 1 aromatic heterocycles. The lowest BCUT2D eigenvalue weighted by Crippen LogP contribution is -2.23. The summed E-state index contributed by atoms with van der Waals surface area (Å²) in [7, 11) is 4.82. The number of nitrogens with one attached hydrogen (secondary N) is 1. The van der Waals surface area contributed by atoms with E-state index in [-0.39, 0.29) is 6.29 Å². The molecule has 0 atom stereocenters. The minimum absolute atomic E-state index is 0.279. The zero-order chi connectivity index (χ0) is 12.0. The van der Waals surface area contributed by atoms with Crippen molar-refractivity contribution in [2.75, 3.05) is 33.2 Å². The number of aryl methyl sites for hydroxylation is 1. The third-order valence-corrected chi connectivity index (χ3v) is 2.21. The summed E-state index contributed by atoms with van der Waals surface area (Å²) >= 11 is 0. The van der Waals surface area contributed by atoms with Gasteiger partial charge in [0.25, 0.3) is 0 Å². The molecule has 0 amide bonds. The van der Waals surface area contributed by atoms with Gasteiger partial charge in [0.1, 0.15) is 0 Å². The molecule has 5 nitrogen and oxygen atoms in total. The van der Waals surface area contributed by atoms with Gasteiger partial charge in [0.05, 0.1) is 25.5 Å². The van der Waals surface area contributed by atoms with Crippen LogP contribution in [-0.2, 0) is 9.47 Å². The highest BCUT2D eigenvalue weighted by Crippen LogP contribution is 2.23. The molecule has 0 saturated carbocycles. The molecule has 0 unspecified atom stereocenters. The average molecular weight is 226 g/mol. The van der Waals surface area contributed by atoms with E-state index >= 15 is 0 Å². The average Bonchev–Trinajstić information content (AvgIpc) is 2.30.